The number of aliphatic hydroxyl groups is 1. The van der Waals surface area contributed by atoms with Gasteiger partial charge >= 0.3 is 5.97 Å². The Balaban J connectivity index is 2.40. The number of ether oxygens (including phenoxy) is 1. The molecule has 7 nitrogen and oxygen atoms in total. The molecule has 2 aromatic rings. The average Bonchev–Trinajstić information content (AvgIpc) is 2.58. The molecular weight excluding hydrogens is 564 g/mol. The highest BCUT2D eigenvalue weighted by molar-refractivity contribution is 14.1. The third-order valence-corrected chi connectivity index (χ3v) is 4.86. The number of anilines is 1. The maximum Gasteiger partial charge on any atom is 0.330 e. The molecule has 6 N–H and O–H groups in total. The van der Waals surface area contributed by atoms with Crippen LogP contribution < -0.4 is 15.8 Å². The second-order valence-electron chi connectivity index (χ2n) is 5.28. The molecule has 0 aromatic heterocycles. The molecule has 0 amide bonds. The maximum atomic E-state index is 11.9. The van der Waals surface area contributed by atoms with E-state index >= 15 is 0 Å². The van der Waals surface area contributed by atoms with Gasteiger partial charge in [-0.05, 0) is 81.6 Å². The summed E-state index contributed by atoms with van der Waals surface area (Å²) in [5.41, 5.74) is 7.03. The van der Waals surface area contributed by atoms with Crippen molar-refractivity contribution in [2.75, 3.05) is 18.5 Å². The van der Waals surface area contributed by atoms with Crippen molar-refractivity contribution in [1.82, 2.24) is 0 Å². The summed E-state index contributed by atoms with van der Waals surface area (Å²) >= 11 is 4.20. The van der Waals surface area contributed by atoms with Crippen LogP contribution in [0.1, 0.15) is 17.2 Å². The Bertz CT molecular complexity index is 812. The van der Waals surface area contributed by atoms with Crippen molar-refractivity contribution in [3.63, 3.8) is 0 Å². The van der Waals surface area contributed by atoms with Crippen LogP contribution in [-0.2, 0) is 4.79 Å². The normalized spacial score (nSPS) is 11.7. The van der Waals surface area contributed by atoms with Gasteiger partial charge in [0.2, 0.25) is 0 Å². The van der Waals surface area contributed by atoms with Gasteiger partial charge in [-0.2, -0.15) is 0 Å². The number of nitrogens with one attached hydrogen (secondary N) is 2. The van der Waals surface area contributed by atoms with Gasteiger partial charge in [0, 0.05) is 20.4 Å². The fraction of sp³-hybridized carbons (Fsp3) is 0.176. The molecule has 0 saturated carbocycles. The first-order valence-electron chi connectivity index (χ1n) is 7.50. The molecule has 26 heavy (non-hydrogen) atoms. The third kappa shape index (κ3) is 5.20. The summed E-state index contributed by atoms with van der Waals surface area (Å²) in [4.78, 5) is 11.9. The molecule has 2 rings (SSSR count). The Morgan fingerprint density at radius 2 is 1.92 bits per heavy atom. The minimum atomic E-state index is -1.06. The first-order valence-corrected chi connectivity index (χ1v) is 9.65. The van der Waals surface area contributed by atoms with Crippen molar-refractivity contribution in [3.05, 3.63) is 54.7 Å². The van der Waals surface area contributed by atoms with Crippen molar-refractivity contribution >= 4 is 62.7 Å². The number of hydrogen-bond acceptors (Lipinski definition) is 5. The molecule has 138 valence electrons. The molecular formula is C17H17I2N3O4. The number of benzene rings is 2. The zero-order valence-electron chi connectivity index (χ0n) is 13.5. The largest absolute Gasteiger partial charge is 0.490 e. The van der Waals surface area contributed by atoms with Gasteiger partial charge < -0.3 is 26.0 Å². The number of nitrogen functional groups attached to an aromatic ring is 1. The molecule has 0 aliphatic heterocycles. The van der Waals surface area contributed by atoms with E-state index in [1.165, 1.54) is 0 Å². The highest BCUT2D eigenvalue weighted by Gasteiger charge is 2.26. The zero-order chi connectivity index (χ0) is 19.3. The summed E-state index contributed by atoms with van der Waals surface area (Å²) in [7, 11) is 0. The summed E-state index contributed by atoms with van der Waals surface area (Å²) in [6.07, 6.45) is 0. The van der Waals surface area contributed by atoms with Gasteiger partial charge in [0.05, 0.1) is 10.2 Å². The van der Waals surface area contributed by atoms with E-state index in [9.17, 15) is 9.90 Å². The predicted molar refractivity (Wildman–Crippen MR) is 116 cm³/mol. The van der Waals surface area contributed by atoms with E-state index < -0.39 is 12.0 Å². The van der Waals surface area contributed by atoms with E-state index in [2.05, 4.69) is 50.5 Å². The van der Waals surface area contributed by atoms with Gasteiger partial charge in [-0.25, -0.2) is 4.79 Å². The van der Waals surface area contributed by atoms with Crippen LogP contribution in [-0.4, -0.2) is 35.2 Å². The standard InChI is InChI=1S/C17H17I2N3O4/c18-10-7-12(15(13(19)8-10)26-6-5-23)14(17(24)25)22-11-3-1-9(2-4-11)16(20)21/h1-4,7-8,14,22-23H,5-6H2,(H3,20,21)(H,24,25). The SMILES string of the molecule is N=C(N)c1ccc(NC(C(=O)O)c2cc(I)cc(I)c2OCCO)cc1. The number of carbonyl (C=O) groups is 1. The molecule has 0 heterocycles. The number of rotatable bonds is 8. The Morgan fingerprint density at radius 3 is 2.46 bits per heavy atom. The van der Waals surface area contributed by atoms with Gasteiger partial charge in [-0.1, -0.05) is 0 Å². The number of aliphatic hydroxyl groups excluding tert-OH is 1. The molecule has 0 spiro atoms. The number of amidine groups is 1. The topological polar surface area (TPSA) is 129 Å². The lowest BCUT2D eigenvalue weighted by atomic mass is 10.0. The number of carboxylic acids is 1. The fourth-order valence-corrected chi connectivity index (χ4v) is 4.33. The van der Waals surface area contributed by atoms with Crippen LogP contribution in [0.15, 0.2) is 36.4 Å². The first kappa shape index (κ1) is 20.7. The van der Waals surface area contributed by atoms with E-state index in [1.54, 1.807) is 30.3 Å². The van der Waals surface area contributed by atoms with Crippen molar-refractivity contribution in [1.29, 1.82) is 5.41 Å². The lowest BCUT2D eigenvalue weighted by molar-refractivity contribution is -0.138. The molecule has 2 aromatic carbocycles. The van der Waals surface area contributed by atoms with Crippen molar-refractivity contribution in [2.45, 2.75) is 6.04 Å². The van der Waals surface area contributed by atoms with Crippen LogP contribution >= 0.6 is 45.2 Å². The number of aliphatic carboxylic acids is 1. The number of nitrogens with two attached hydrogens (primary N) is 1. The number of hydrogen-bond donors (Lipinski definition) is 5. The summed E-state index contributed by atoms with van der Waals surface area (Å²) in [5.74, 6) is -0.689. The minimum Gasteiger partial charge on any atom is -0.490 e. The summed E-state index contributed by atoms with van der Waals surface area (Å²) in [5, 5.41) is 29.2. The lowest BCUT2D eigenvalue weighted by Gasteiger charge is -2.21. The van der Waals surface area contributed by atoms with Gasteiger partial charge in [0.15, 0.2) is 6.04 Å². The van der Waals surface area contributed by atoms with Gasteiger partial charge in [0.1, 0.15) is 18.2 Å². The van der Waals surface area contributed by atoms with Crippen LogP contribution in [0.2, 0.25) is 0 Å². The number of carboxylic acid groups (broad SMARTS) is 1. The van der Waals surface area contributed by atoms with Crippen molar-refractivity contribution in [3.8, 4) is 5.75 Å². The Hall–Kier alpha value is -1.60. The average molecular weight is 581 g/mol. The van der Waals surface area contributed by atoms with E-state index in [4.69, 9.17) is 21.0 Å². The fourth-order valence-electron chi connectivity index (χ4n) is 2.28. The summed E-state index contributed by atoms with van der Waals surface area (Å²) in [6, 6.07) is 9.19. The Labute approximate surface area is 177 Å². The zero-order valence-corrected chi connectivity index (χ0v) is 17.8. The van der Waals surface area contributed by atoms with Crippen LogP contribution in [0.25, 0.3) is 0 Å². The quantitative estimate of drug-likeness (QED) is 0.186. The van der Waals surface area contributed by atoms with Gasteiger partial charge in [0.25, 0.3) is 0 Å². The Kier molecular flexibility index (Phi) is 7.46. The van der Waals surface area contributed by atoms with E-state index in [-0.39, 0.29) is 19.0 Å². The van der Waals surface area contributed by atoms with E-state index in [1.807, 2.05) is 6.07 Å². The monoisotopic (exact) mass is 581 g/mol. The highest BCUT2D eigenvalue weighted by Crippen LogP contribution is 2.34. The Morgan fingerprint density at radius 1 is 1.27 bits per heavy atom. The molecule has 0 bridgehead atoms. The molecule has 0 radical (unpaired) electrons. The molecule has 1 atom stereocenters. The van der Waals surface area contributed by atoms with Crippen molar-refractivity contribution < 1.29 is 19.7 Å². The maximum absolute atomic E-state index is 11.9. The lowest BCUT2D eigenvalue weighted by Crippen LogP contribution is -2.22. The van der Waals surface area contributed by atoms with Crippen LogP contribution in [0.4, 0.5) is 5.69 Å². The highest BCUT2D eigenvalue weighted by atomic mass is 127. The molecule has 9 heteroatoms. The molecule has 0 fully saturated rings. The molecule has 1 unspecified atom stereocenters. The second kappa shape index (κ2) is 9.37. The molecule has 0 aliphatic rings. The smallest absolute Gasteiger partial charge is 0.330 e. The van der Waals surface area contributed by atoms with Crippen LogP contribution in [0, 0.1) is 12.5 Å². The van der Waals surface area contributed by atoms with Crippen molar-refractivity contribution in [2.24, 2.45) is 5.73 Å². The van der Waals surface area contributed by atoms with Gasteiger partial charge in [-0.3, -0.25) is 5.41 Å². The van der Waals surface area contributed by atoms with Crippen LogP contribution in [0.3, 0.4) is 0 Å². The van der Waals surface area contributed by atoms with Crippen LogP contribution in [0.5, 0.6) is 5.75 Å². The predicted octanol–water partition coefficient (Wildman–Crippen LogP) is 2.79. The van der Waals surface area contributed by atoms with E-state index in [0.717, 1.165) is 7.14 Å². The van der Waals surface area contributed by atoms with Gasteiger partial charge in [-0.15, -0.1) is 0 Å². The summed E-state index contributed by atoms with van der Waals surface area (Å²) in [6.45, 7) is -0.0948. The summed E-state index contributed by atoms with van der Waals surface area (Å²) < 4.78 is 7.22. The first-order chi connectivity index (χ1) is 12.3. The second-order valence-corrected chi connectivity index (χ2v) is 7.69. The molecule has 0 aliphatic carbocycles. The number of halogens is 2. The molecule has 0 saturated heterocycles. The minimum absolute atomic E-state index is 0.0572. The van der Waals surface area contributed by atoms with E-state index in [0.29, 0.717) is 22.6 Å². The third-order valence-electron chi connectivity index (χ3n) is 3.44.